The molecule has 8 nitrogen and oxygen atoms in total. The van der Waals surface area contributed by atoms with Gasteiger partial charge in [0.2, 0.25) is 0 Å². The third-order valence-electron chi connectivity index (χ3n) is 0.974. The number of urea groups is 1. The Kier molecular flexibility index (Phi) is 4.62. The molecular formula is C5H9N7O. The third kappa shape index (κ3) is 2.77. The number of amidine groups is 1. The second-order valence-corrected chi connectivity index (χ2v) is 1.67. The van der Waals surface area contributed by atoms with Crippen molar-refractivity contribution in [3.63, 3.8) is 0 Å². The number of nitrogens with zero attached hydrogens (tertiary/aromatic N) is 5. The molecule has 0 saturated carbocycles. The molecule has 0 heterocycles. The second kappa shape index (κ2) is 5.52. The van der Waals surface area contributed by atoms with Gasteiger partial charge in [-0.1, -0.05) is 5.22 Å². The van der Waals surface area contributed by atoms with E-state index in [0.29, 0.717) is 5.01 Å². The Morgan fingerprint density at radius 1 is 1.69 bits per heavy atom. The average Bonchev–Trinajstić information content (AvgIpc) is 2.17. The van der Waals surface area contributed by atoms with Crippen molar-refractivity contribution in [3.8, 4) is 0 Å². The molecule has 0 unspecified atom stereocenters. The van der Waals surface area contributed by atoms with Crippen molar-refractivity contribution < 1.29 is 4.79 Å². The van der Waals surface area contributed by atoms with Crippen LogP contribution in [0.4, 0.5) is 4.79 Å². The number of carbonyl (C=O) groups excluding carboxylic acids is 1. The largest absolute Gasteiger partial charge is 0.371 e. The van der Waals surface area contributed by atoms with Crippen LogP contribution in [0.3, 0.4) is 0 Å². The Morgan fingerprint density at radius 2 is 2.31 bits per heavy atom. The quantitative estimate of drug-likeness (QED) is 0.206. The van der Waals surface area contributed by atoms with E-state index in [1.54, 1.807) is 0 Å². The van der Waals surface area contributed by atoms with Crippen LogP contribution in [0.25, 0.3) is 0 Å². The van der Waals surface area contributed by atoms with Crippen LogP contribution in [-0.4, -0.2) is 36.9 Å². The fourth-order valence-electron chi connectivity index (χ4n) is 0.492. The molecule has 0 fully saturated rings. The smallest absolute Gasteiger partial charge is 0.321 e. The van der Waals surface area contributed by atoms with E-state index in [-0.39, 0.29) is 5.84 Å². The van der Waals surface area contributed by atoms with E-state index in [2.05, 4.69) is 27.1 Å². The SMILES string of the molecule is C=NC(=O)N(N=NC)/C(C=N)=N\N. The molecule has 0 rings (SSSR count). The van der Waals surface area contributed by atoms with Crippen LogP contribution < -0.4 is 5.84 Å². The van der Waals surface area contributed by atoms with Gasteiger partial charge in [0.05, 0.1) is 13.3 Å². The van der Waals surface area contributed by atoms with Crippen molar-refractivity contribution in [2.24, 2.45) is 26.3 Å². The monoisotopic (exact) mass is 183 g/mol. The van der Waals surface area contributed by atoms with Gasteiger partial charge in [-0.3, -0.25) is 0 Å². The summed E-state index contributed by atoms with van der Waals surface area (Å²) in [7, 11) is 1.35. The first kappa shape index (κ1) is 10.9. The molecule has 70 valence electrons. The molecule has 2 amide bonds. The van der Waals surface area contributed by atoms with Gasteiger partial charge in [-0.05, 0) is 6.72 Å². The summed E-state index contributed by atoms with van der Waals surface area (Å²) < 4.78 is 0. The fraction of sp³-hybridized carbons (Fsp3) is 0.200. The van der Waals surface area contributed by atoms with E-state index in [1.165, 1.54) is 7.05 Å². The number of carbonyl (C=O) groups is 1. The van der Waals surface area contributed by atoms with Gasteiger partial charge in [0.25, 0.3) is 0 Å². The Hall–Kier alpha value is -2.12. The zero-order valence-electron chi connectivity index (χ0n) is 7.01. The van der Waals surface area contributed by atoms with Gasteiger partial charge >= 0.3 is 6.03 Å². The highest BCUT2D eigenvalue weighted by molar-refractivity contribution is 6.31. The molecule has 0 spiro atoms. The number of rotatable bonds is 2. The minimum Gasteiger partial charge on any atom is -0.321 e. The standard InChI is InChI=1S/C5H9N7O/c1-8-5(13)12(11-9-2)4(3-6)10-7/h3,6H,1,7H2,2H3/b6-3?,10-4-,11-9?. The normalized spacial score (nSPS) is 11.3. The van der Waals surface area contributed by atoms with Gasteiger partial charge in [-0.15, -0.1) is 5.01 Å². The first-order valence-electron chi connectivity index (χ1n) is 3.10. The molecular weight excluding hydrogens is 174 g/mol. The first-order chi connectivity index (χ1) is 6.21. The molecule has 0 aromatic carbocycles. The zero-order valence-corrected chi connectivity index (χ0v) is 7.01. The summed E-state index contributed by atoms with van der Waals surface area (Å²) in [5.74, 6) is 4.71. The van der Waals surface area contributed by atoms with Crippen LogP contribution in [0, 0.1) is 5.41 Å². The van der Waals surface area contributed by atoms with E-state index in [1.807, 2.05) is 0 Å². The van der Waals surface area contributed by atoms with E-state index in [4.69, 9.17) is 11.3 Å². The number of hydrogen-bond acceptors (Lipinski definition) is 6. The van der Waals surface area contributed by atoms with Crippen molar-refractivity contribution >= 4 is 24.8 Å². The lowest BCUT2D eigenvalue weighted by Crippen LogP contribution is -2.31. The topological polar surface area (TPSA) is 120 Å². The van der Waals surface area contributed by atoms with E-state index < -0.39 is 6.03 Å². The Bertz CT molecular complexity index is 268. The number of hydrazone groups is 1. The van der Waals surface area contributed by atoms with Crippen LogP contribution in [0.2, 0.25) is 0 Å². The summed E-state index contributed by atoms with van der Waals surface area (Å²) in [6.45, 7) is 3.00. The fourth-order valence-corrected chi connectivity index (χ4v) is 0.492. The summed E-state index contributed by atoms with van der Waals surface area (Å²) in [6, 6.07) is -0.807. The van der Waals surface area contributed by atoms with Crippen molar-refractivity contribution in [1.82, 2.24) is 5.01 Å². The molecule has 0 aliphatic heterocycles. The van der Waals surface area contributed by atoms with E-state index >= 15 is 0 Å². The molecule has 13 heavy (non-hydrogen) atoms. The van der Waals surface area contributed by atoms with Crippen LogP contribution in [0.15, 0.2) is 20.4 Å². The van der Waals surface area contributed by atoms with Gasteiger partial charge in [-0.25, -0.2) is 9.79 Å². The van der Waals surface area contributed by atoms with Crippen LogP contribution in [0.5, 0.6) is 0 Å². The molecule has 0 aliphatic carbocycles. The van der Waals surface area contributed by atoms with Crippen molar-refractivity contribution in [2.45, 2.75) is 0 Å². The lowest BCUT2D eigenvalue weighted by Gasteiger charge is -2.09. The molecule has 0 radical (unpaired) electrons. The van der Waals surface area contributed by atoms with Crippen molar-refractivity contribution in [2.75, 3.05) is 7.05 Å². The number of amides is 2. The molecule has 0 aliphatic rings. The highest BCUT2D eigenvalue weighted by atomic mass is 16.2. The summed E-state index contributed by atoms with van der Waals surface area (Å²) in [5, 5.41) is 17.3. The maximum atomic E-state index is 11.0. The van der Waals surface area contributed by atoms with Gasteiger partial charge in [0.15, 0.2) is 5.84 Å². The second-order valence-electron chi connectivity index (χ2n) is 1.67. The summed E-state index contributed by atoms with van der Waals surface area (Å²) >= 11 is 0. The number of aliphatic imine (C=N–C) groups is 1. The van der Waals surface area contributed by atoms with Crippen LogP contribution in [-0.2, 0) is 0 Å². The van der Waals surface area contributed by atoms with Gasteiger partial charge in [0, 0.05) is 0 Å². The summed E-state index contributed by atoms with van der Waals surface area (Å²) in [4.78, 5) is 14.0. The highest BCUT2D eigenvalue weighted by Gasteiger charge is 2.15. The molecule has 0 aromatic rings. The lowest BCUT2D eigenvalue weighted by molar-refractivity contribution is 0.230. The van der Waals surface area contributed by atoms with Gasteiger partial charge in [0.1, 0.15) is 0 Å². The van der Waals surface area contributed by atoms with Gasteiger partial charge in [-0.2, -0.15) is 10.2 Å². The number of hydrogen-bond donors (Lipinski definition) is 2. The number of nitrogens with two attached hydrogens (primary N) is 1. The zero-order chi connectivity index (χ0) is 10.3. The van der Waals surface area contributed by atoms with Crippen LogP contribution >= 0.6 is 0 Å². The predicted octanol–water partition coefficient (Wildman–Crippen LogP) is 0.0278. The minimum atomic E-state index is -0.807. The maximum absolute atomic E-state index is 11.0. The van der Waals surface area contributed by atoms with Gasteiger partial charge < -0.3 is 11.3 Å². The van der Waals surface area contributed by atoms with Crippen molar-refractivity contribution in [1.29, 1.82) is 5.41 Å². The van der Waals surface area contributed by atoms with E-state index in [0.717, 1.165) is 6.21 Å². The Morgan fingerprint density at radius 3 is 2.62 bits per heavy atom. The van der Waals surface area contributed by atoms with Crippen molar-refractivity contribution in [3.05, 3.63) is 0 Å². The molecule has 0 saturated heterocycles. The predicted molar refractivity (Wildman–Crippen MR) is 48.0 cm³/mol. The van der Waals surface area contributed by atoms with E-state index in [9.17, 15) is 4.79 Å². The lowest BCUT2D eigenvalue weighted by atomic mass is 10.6. The summed E-state index contributed by atoms with van der Waals surface area (Å²) in [6.07, 6.45) is 0.748. The Labute approximate surface area is 74.3 Å². The Balaban J connectivity index is 4.89. The maximum Gasteiger partial charge on any atom is 0.371 e. The molecule has 0 atom stereocenters. The minimum absolute atomic E-state index is 0.178. The van der Waals surface area contributed by atoms with Crippen LogP contribution in [0.1, 0.15) is 0 Å². The molecule has 0 bridgehead atoms. The number of nitrogens with one attached hydrogen (secondary N) is 1. The first-order valence-corrected chi connectivity index (χ1v) is 3.10. The molecule has 3 N–H and O–H groups in total. The highest BCUT2D eigenvalue weighted by Crippen LogP contribution is 1.95. The molecule has 8 heteroatoms. The average molecular weight is 183 g/mol. The third-order valence-corrected chi connectivity index (χ3v) is 0.974. The molecule has 0 aromatic heterocycles. The summed E-state index contributed by atoms with van der Waals surface area (Å²) in [5.41, 5.74) is 0.